The van der Waals surface area contributed by atoms with Crippen LogP contribution in [-0.2, 0) is 0 Å². The lowest BCUT2D eigenvalue weighted by molar-refractivity contribution is 0.0695. The summed E-state index contributed by atoms with van der Waals surface area (Å²) in [4.78, 5) is 22.5. The fraction of sp³-hybridized carbons (Fsp3) is 0.538. The van der Waals surface area contributed by atoms with Gasteiger partial charge in [-0.1, -0.05) is 26.7 Å². The zero-order chi connectivity index (χ0) is 13.7. The summed E-state index contributed by atoms with van der Waals surface area (Å²) in [7, 11) is 0. The average molecular weight is 253 g/mol. The van der Waals surface area contributed by atoms with Crippen LogP contribution in [0.15, 0.2) is 16.7 Å². The Hall–Kier alpha value is -1.78. The highest BCUT2D eigenvalue weighted by molar-refractivity contribution is 5.95. The number of nitrogens with one attached hydrogen (secondary N) is 1. The lowest BCUT2D eigenvalue weighted by atomic mass is 9.95. The van der Waals surface area contributed by atoms with Crippen molar-refractivity contribution in [1.82, 2.24) is 5.32 Å². The lowest BCUT2D eigenvalue weighted by Crippen LogP contribution is -2.37. The molecule has 0 spiro atoms. The Morgan fingerprint density at radius 2 is 2.00 bits per heavy atom. The molecule has 2 N–H and O–H groups in total. The number of aromatic carboxylic acids is 1. The minimum atomic E-state index is -1.11. The minimum absolute atomic E-state index is 0.0182. The third-order valence-electron chi connectivity index (χ3n) is 3.18. The van der Waals surface area contributed by atoms with Gasteiger partial charge in [-0.2, -0.15) is 0 Å². The Morgan fingerprint density at radius 3 is 2.44 bits per heavy atom. The van der Waals surface area contributed by atoms with E-state index in [0.29, 0.717) is 5.92 Å². The van der Waals surface area contributed by atoms with Crippen LogP contribution in [-0.4, -0.2) is 23.0 Å². The Bertz CT molecular complexity index is 420. The Labute approximate surface area is 106 Å². The summed E-state index contributed by atoms with van der Waals surface area (Å²) in [5, 5.41) is 11.6. The first-order valence-corrected chi connectivity index (χ1v) is 6.12. The van der Waals surface area contributed by atoms with Crippen molar-refractivity contribution in [2.45, 2.75) is 39.7 Å². The highest BCUT2D eigenvalue weighted by Gasteiger charge is 2.19. The van der Waals surface area contributed by atoms with E-state index in [1.807, 2.05) is 6.92 Å². The predicted octanol–water partition coefficient (Wildman–Crippen LogP) is 2.53. The van der Waals surface area contributed by atoms with Gasteiger partial charge in [0.15, 0.2) is 5.76 Å². The number of furan rings is 1. The van der Waals surface area contributed by atoms with E-state index in [4.69, 9.17) is 9.52 Å². The number of hydrogen-bond acceptors (Lipinski definition) is 3. The summed E-state index contributed by atoms with van der Waals surface area (Å²) in [5.74, 6) is -1.04. The number of carboxylic acid groups (broad SMARTS) is 1. The molecule has 100 valence electrons. The van der Waals surface area contributed by atoms with Gasteiger partial charge in [-0.3, -0.25) is 4.79 Å². The number of hydrogen-bond donors (Lipinski definition) is 2. The fourth-order valence-corrected chi connectivity index (χ4v) is 1.96. The SMILES string of the molecule is CCC(CC)C(C)NC(=O)c1cc(C(=O)O)co1. The molecule has 1 heterocycles. The topological polar surface area (TPSA) is 79.5 Å². The molecule has 0 bridgehead atoms. The molecule has 0 fully saturated rings. The van der Waals surface area contributed by atoms with Crippen molar-refractivity contribution in [2.75, 3.05) is 0 Å². The van der Waals surface area contributed by atoms with Gasteiger partial charge >= 0.3 is 5.97 Å². The summed E-state index contributed by atoms with van der Waals surface area (Å²) in [6.45, 7) is 6.09. The van der Waals surface area contributed by atoms with Crippen LogP contribution in [0.1, 0.15) is 54.5 Å². The largest absolute Gasteiger partial charge is 0.478 e. The average Bonchev–Trinajstić information content (AvgIpc) is 2.79. The number of amides is 1. The van der Waals surface area contributed by atoms with Crippen LogP contribution in [0.5, 0.6) is 0 Å². The Morgan fingerprint density at radius 1 is 1.39 bits per heavy atom. The summed E-state index contributed by atoms with van der Waals surface area (Å²) in [6, 6.07) is 1.27. The predicted molar refractivity (Wildman–Crippen MR) is 66.7 cm³/mol. The van der Waals surface area contributed by atoms with E-state index in [-0.39, 0.29) is 23.3 Å². The second-order valence-electron chi connectivity index (χ2n) is 4.34. The quantitative estimate of drug-likeness (QED) is 0.816. The molecule has 1 aromatic heterocycles. The molecule has 5 heteroatoms. The smallest absolute Gasteiger partial charge is 0.338 e. The van der Waals surface area contributed by atoms with Crippen molar-refractivity contribution < 1.29 is 19.1 Å². The van der Waals surface area contributed by atoms with Crippen LogP contribution >= 0.6 is 0 Å². The third kappa shape index (κ3) is 3.35. The van der Waals surface area contributed by atoms with Crippen LogP contribution in [0.2, 0.25) is 0 Å². The fourth-order valence-electron chi connectivity index (χ4n) is 1.96. The maximum atomic E-state index is 11.8. The molecule has 0 aliphatic rings. The van der Waals surface area contributed by atoms with Gasteiger partial charge in [0, 0.05) is 12.1 Å². The first-order chi connectivity index (χ1) is 8.49. The van der Waals surface area contributed by atoms with E-state index in [1.54, 1.807) is 0 Å². The van der Waals surface area contributed by atoms with Crippen molar-refractivity contribution in [3.63, 3.8) is 0 Å². The van der Waals surface area contributed by atoms with Gasteiger partial charge in [0.25, 0.3) is 5.91 Å². The summed E-state index contributed by atoms with van der Waals surface area (Å²) in [5.41, 5.74) is -0.0182. The summed E-state index contributed by atoms with van der Waals surface area (Å²) in [6.07, 6.45) is 3.03. The number of rotatable bonds is 6. The van der Waals surface area contributed by atoms with E-state index in [9.17, 15) is 9.59 Å². The molecular weight excluding hydrogens is 234 g/mol. The summed E-state index contributed by atoms with van der Waals surface area (Å²) < 4.78 is 4.94. The minimum Gasteiger partial charge on any atom is -0.478 e. The molecule has 0 saturated heterocycles. The second kappa shape index (κ2) is 6.23. The monoisotopic (exact) mass is 253 g/mol. The van der Waals surface area contributed by atoms with Gasteiger partial charge in [-0.15, -0.1) is 0 Å². The molecule has 0 aliphatic carbocycles. The van der Waals surface area contributed by atoms with Gasteiger partial charge in [0.05, 0.1) is 5.56 Å². The van der Waals surface area contributed by atoms with Crippen molar-refractivity contribution in [3.8, 4) is 0 Å². The maximum absolute atomic E-state index is 11.8. The van der Waals surface area contributed by atoms with Gasteiger partial charge < -0.3 is 14.8 Å². The highest BCUT2D eigenvalue weighted by atomic mass is 16.4. The van der Waals surface area contributed by atoms with E-state index in [2.05, 4.69) is 19.2 Å². The van der Waals surface area contributed by atoms with Crippen molar-refractivity contribution in [3.05, 3.63) is 23.7 Å². The second-order valence-corrected chi connectivity index (χ2v) is 4.34. The van der Waals surface area contributed by atoms with Crippen LogP contribution in [0.25, 0.3) is 0 Å². The molecular formula is C13H19NO4. The van der Waals surface area contributed by atoms with Gasteiger partial charge in [-0.05, 0) is 12.8 Å². The molecule has 0 aliphatic heterocycles. The molecule has 0 aromatic carbocycles. The van der Waals surface area contributed by atoms with Gasteiger partial charge in [0.1, 0.15) is 6.26 Å². The van der Waals surface area contributed by atoms with Crippen molar-refractivity contribution >= 4 is 11.9 Å². The van der Waals surface area contributed by atoms with Crippen LogP contribution in [0.4, 0.5) is 0 Å². The first kappa shape index (κ1) is 14.3. The molecule has 1 unspecified atom stereocenters. The molecule has 1 amide bonds. The Kier molecular flexibility index (Phi) is 4.95. The highest BCUT2D eigenvalue weighted by Crippen LogP contribution is 2.14. The van der Waals surface area contributed by atoms with Crippen molar-refractivity contribution in [1.29, 1.82) is 0 Å². The molecule has 5 nitrogen and oxygen atoms in total. The lowest BCUT2D eigenvalue weighted by Gasteiger charge is -2.21. The molecule has 18 heavy (non-hydrogen) atoms. The number of carbonyl (C=O) groups is 2. The van der Waals surface area contributed by atoms with Gasteiger partial charge in [0.2, 0.25) is 0 Å². The van der Waals surface area contributed by atoms with E-state index in [1.165, 1.54) is 6.07 Å². The summed E-state index contributed by atoms with van der Waals surface area (Å²) >= 11 is 0. The van der Waals surface area contributed by atoms with Crippen LogP contribution in [0, 0.1) is 5.92 Å². The normalized spacial score (nSPS) is 12.4. The molecule has 0 radical (unpaired) electrons. The van der Waals surface area contributed by atoms with E-state index < -0.39 is 5.97 Å². The van der Waals surface area contributed by atoms with E-state index >= 15 is 0 Å². The van der Waals surface area contributed by atoms with E-state index in [0.717, 1.165) is 19.1 Å². The van der Waals surface area contributed by atoms with Crippen LogP contribution < -0.4 is 5.32 Å². The standard InChI is InChI=1S/C13H19NO4/c1-4-9(5-2)8(3)14-12(15)11-6-10(7-18-11)13(16)17/h6-9H,4-5H2,1-3H3,(H,14,15)(H,16,17). The van der Waals surface area contributed by atoms with Crippen LogP contribution in [0.3, 0.4) is 0 Å². The first-order valence-electron chi connectivity index (χ1n) is 6.12. The maximum Gasteiger partial charge on any atom is 0.338 e. The zero-order valence-electron chi connectivity index (χ0n) is 10.9. The molecule has 1 aromatic rings. The van der Waals surface area contributed by atoms with Crippen molar-refractivity contribution in [2.24, 2.45) is 5.92 Å². The molecule has 0 saturated carbocycles. The number of carbonyl (C=O) groups excluding carboxylic acids is 1. The molecule has 1 atom stereocenters. The molecule has 1 rings (SSSR count). The third-order valence-corrected chi connectivity index (χ3v) is 3.18. The number of carboxylic acids is 1. The zero-order valence-corrected chi connectivity index (χ0v) is 10.9. The Balaban J connectivity index is 2.67. The van der Waals surface area contributed by atoms with Gasteiger partial charge in [-0.25, -0.2) is 4.79 Å².